The molecule has 0 radical (unpaired) electrons. The van der Waals surface area contributed by atoms with Crippen LogP contribution in [0.25, 0.3) is 0 Å². The molecule has 2 atom stereocenters. The van der Waals surface area contributed by atoms with Crippen LogP contribution in [0.4, 0.5) is 0 Å². The Kier molecular flexibility index (Phi) is 5.56. The van der Waals surface area contributed by atoms with E-state index in [1.54, 1.807) is 0 Å². The molecule has 1 heterocycles. The summed E-state index contributed by atoms with van der Waals surface area (Å²) < 4.78 is 5.38. The van der Waals surface area contributed by atoms with Crippen LogP contribution in [-0.2, 0) is 9.53 Å². The van der Waals surface area contributed by atoms with Crippen molar-refractivity contribution in [3.05, 3.63) is 35.9 Å². The summed E-state index contributed by atoms with van der Waals surface area (Å²) in [7, 11) is 1.88. The van der Waals surface area contributed by atoms with Crippen LogP contribution in [0.15, 0.2) is 30.3 Å². The number of nitrogens with one attached hydrogen (secondary N) is 1. The maximum atomic E-state index is 12.2. The number of morpholine rings is 1. The summed E-state index contributed by atoms with van der Waals surface area (Å²) in [5.41, 5.74) is 1.27. The molecule has 2 unspecified atom stereocenters. The molecule has 1 N–H and O–H groups in total. The fourth-order valence-electron chi connectivity index (χ4n) is 2.52. The van der Waals surface area contributed by atoms with Crippen molar-refractivity contribution in [2.24, 2.45) is 0 Å². The second-order valence-corrected chi connectivity index (χ2v) is 5.52. The van der Waals surface area contributed by atoms with Gasteiger partial charge in [-0.25, -0.2) is 0 Å². The van der Waals surface area contributed by atoms with Gasteiger partial charge in [0.2, 0.25) is 5.91 Å². The highest BCUT2D eigenvalue weighted by atomic mass is 16.5. The Morgan fingerprint density at radius 2 is 2.20 bits per heavy atom. The van der Waals surface area contributed by atoms with Crippen molar-refractivity contribution >= 4 is 5.91 Å². The van der Waals surface area contributed by atoms with E-state index in [4.69, 9.17) is 4.74 Å². The number of nitrogens with zero attached hydrogens (tertiary/aromatic N) is 1. The number of hydrogen-bond donors (Lipinski definition) is 1. The van der Waals surface area contributed by atoms with E-state index in [1.807, 2.05) is 30.1 Å². The third-order valence-corrected chi connectivity index (χ3v) is 3.76. The van der Waals surface area contributed by atoms with Crippen molar-refractivity contribution in [2.45, 2.75) is 25.3 Å². The molecule has 4 heteroatoms. The Morgan fingerprint density at radius 3 is 2.85 bits per heavy atom. The highest BCUT2D eigenvalue weighted by molar-refractivity contribution is 5.76. The molecular weight excluding hydrogens is 252 g/mol. The van der Waals surface area contributed by atoms with Gasteiger partial charge in [0.15, 0.2) is 0 Å². The number of ether oxygens (including phenoxy) is 1. The van der Waals surface area contributed by atoms with Crippen molar-refractivity contribution in [1.29, 1.82) is 0 Å². The Bertz CT molecular complexity index is 416. The predicted molar refractivity (Wildman–Crippen MR) is 79.7 cm³/mol. The standard InChI is InChI=1S/C16H24N2O2/c1-13(14-6-4-3-5-7-14)11-18(2)16(19)10-15-12-20-9-8-17-15/h3-7,13,15,17H,8-12H2,1-2H3. The Hall–Kier alpha value is -1.39. The number of carbonyl (C=O) groups excluding carboxylic acids is 1. The first kappa shape index (κ1) is 15.0. The minimum absolute atomic E-state index is 0.158. The number of amides is 1. The largest absolute Gasteiger partial charge is 0.378 e. The molecule has 1 aliphatic heterocycles. The Labute approximate surface area is 121 Å². The van der Waals surface area contributed by atoms with Crippen molar-refractivity contribution in [1.82, 2.24) is 10.2 Å². The lowest BCUT2D eigenvalue weighted by atomic mass is 10.0. The number of hydrogen-bond acceptors (Lipinski definition) is 3. The summed E-state index contributed by atoms with van der Waals surface area (Å²) in [6.45, 7) is 5.11. The van der Waals surface area contributed by atoms with Gasteiger partial charge < -0.3 is 15.0 Å². The van der Waals surface area contributed by atoms with Gasteiger partial charge in [-0.3, -0.25) is 4.79 Å². The minimum atomic E-state index is 0.158. The van der Waals surface area contributed by atoms with Gasteiger partial charge in [-0.05, 0) is 11.5 Å². The molecule has 2 rings (SSSR count). The first-order valence-electron chi connectivity index (χ1n) is 7.27. The molecule has 0 bridgehead atoms. The Morgan fingerprint density at radius 1 is 1.45 bits per heavy atom. The highest BCUT2D eigenvalue weighted by Gasteiger charge is 2.20. The Balaban J connectivity index is 1.81. The van der Waals surface area contributed by atoms with Crippen LogP contribution in [0.3, 0.4) is 0 Å². The molecule has 0 spiro atoms. The van der Waals surface area contributed by atoms with Gasteiger partial charge in [-0.1, -0.05) is 37.3 Å². The highest BCUT2D eigenvalue weighted by Crippen LogP contribution is 2.16. The topological polar surface area (TPSA) is 41.6 Å². The SMILES string of the molecule is CC(CN(C)C(=O)CC1COCCN1)c1ccccc1. The summed E-state index contributed by atoms with van der Waals surface area (Å²) in [5.74, 6) is 0.525. The molecule has 1 aromatic rings. The molecule has 1 fully saturated rings. The van der Waals surface area contributed by atoms with Gasteiger partial charge in [0.25, 0.3) is 0 Å². The van der Waals surface area contributed by atoms with Crippen LogP contribution in [-0.4, -0.2) is 50.2 Å². The van der Waals surface area contributed by atoms with E-state index in [2.05, 4.69) is 24.4 Å². The van der Waals surface area contributed by atoms with Crippen LogP contribution in [0, 0.1) is 0 Å². The third-order valence-electron chi connectivity index (χ3n) is 3.76. The molecule has 1 amide bonds. The van der Waals surface area contributed by atoms with Crippen LogP contribution in [0.1, 0.15) is 24.8 Å². The maximum Gasteiger partial charge on any atom is 0.223 e. The van der Waals surface area contributed by atoms with Crippen molar-refractivity contribution in [3.63, 3.8) is 0 Å². The van der Waals surface area contributed by atoms with Gasteiger partial charge in [0.1, 0.15) is 0 Å². The van der Waals surface area contributed by atoms with E-state index in [0.29, 0.717) is 18.9 Å². The van der Waals surface area contributed by atoms with Gasteiger partial charge in [0, 0.05) is 32.6 Å². The van der Waals surface area contributed by atoms with E-state index in [0.717, 1.165) is 19.7 Å². The molecule has 1 aliphatic rings. The molecule has 4 nitrogen and oxygen atoms in total. The zero-order valence-corrected chi connectivity index (χ0v) is 12.3. The number of rotatable bonds is 5. The van der Waals surface area contributed by atoms with Gasteiger partial charge in [-0.2, -0.15) is 0 Å². The van der Waals surface area contributed by atoms with Gasteiger partial charge in [-0.15, -0.1) is 0 Å². The fourth-order valence-corrected chi connectivity index (χ4v) is 2.52. The summed E-state index contributed by atoms with van der Waals surface area (Å²) >= 11 is 0. The molecule has 0 saturated carbocycles. The fraction of sp³-hybridized carbons (Fsp3) is 0.562. The van der Waals surface area contributed by atoms with Crippen molar-refractivity contribution < 1.29 is 9.53 Å². The molecule has 1 aromatic carbocycles. The van der Waals surface area contributed by atoms with E-state index < -0.39 is 0 Å². The van der Waals surface area contributed by atoms with Crippen LogP contribution >= 0.6 is 0 Å². The molecule has 110 valence electrons. The summed E-state index contributed by atoms with van der Waals surface area (Å²) in [6, 6.07) is 10.5. The lowest BCUT2D eigenvalue weighted by Gasteiger charge is -2.27. The van der Waals surface area contributed by atoms with E-state index in [1.165, 1.54) is 5.56 Å². The van der Waals surface area contributed by atoms with E-state index in [-0.39, 0.29) is 11.9 Å². The lowest BCUT2D eigenvalue weighted by Crippen LogP contribution is -2.44. The van der Waals surface area contributed by atoms with E-state index >= 15 is 0 Å². The number of carbonyl (C=O) groups is 1. The first-order valence-corrected chi connectivity index (χ1v) is 7.27. The van der Waals surface area contributed by atoms with Crippen LogP contribution in [0.5, 0.6) is 0 Å². The molecule has 1 saturated heterocycles. The number of likely N-dealkylation sites (N-methyl/N-ethyl adjacent to an activating group) is 1. The molecular formula is C16H24N2O2. The van der Waals surface area contributed by atoms with Crippen LogP contribution in [0.2, 0.25) is 0 Å². The van der Waals surface area contributed by atoms with Crippen molar-refractivity contribution in [3.8, 4) is 0 Å². The molecule has 20 heavy (non-hydrogen) atoms. The average molecular weight is 276 g/mol. The third kappa shape index (κ3) is 4.32. The maximum absolute atomic E-state index is 12.2. The van der Waals surface area contributed by atoms with Crippen molar-refractivity contribution in [2.75, 3.05) is 33.4 Å². The predicted octanol–water partition coefficient (Wildman–Crippen LogP) is 1.63. The molecule has 0 aromatic heterocycles. The lowest BCUT2D eigenvalue weighted by molar-refractivity contribution is -0.131. The first-order chi connectivity index (χ1) is 9.66. The second-order valence-electron chi connectivity index (χ2n) is 5.52. The van der Waals surface area contributed by atoms with Gasteiger partial charge >= 0.3 is 0 Å². The normalized spacial score (nSPS) is 20.4. The quantitative estimate of drug-likeness (QED) is 0.888. The van der Waals surface area contributed by atoms with Gasteiger partial charge in [0.05, 0.1) is 13.2 Å². The average Bonchev–Trinajstić information content (AvgIpc) is 2.49. The van der Waals surface area contributed by atoms with Crippen LogP contribution < -0.4 is 5.32 Å². The summed E-state index contributed by atoms with van der Waals surface area (Å²) in [5, 5.41) is 3.32. The second kappa shape index (κ2) is 7.41. The number of benzene rings is 1. The monoisotopic (exact) mass is 276 g/mol. The minimum Gasteiger partial charge on any atom is -0.378 e. The smallest absolute Gasteiger partial charge is 0.223 e. The van der Waals surface area contributed by atoms with E-state index in [9.17, 15) is 4.79 Å². The summed E-state index contributed by atoms with van der Waals surface area (Å²) in [6.07, 6.45) is 0.512. The molecule has 0 aliphatic carbocycles. The summed E-state index contributed by atoms with van der Waals surface area (Å²) in [4.78, 5) is 14.0. The zero-order chi connectivity index (χ0) is 14.4. The zero-order valence-electron chi connectivity index (χ0n) is 12.3.